The van der Waals surface area contributed by atoms with Crippen LogP contribution >= 0.6 is 64.8 Å². The summed E-state index contributed by atoms with van der Waals surface area (Å²) in [6.07, 6.45) is 31.4. The molecule has 0 radical (unpaired) electrons. The van der Waals surface area contributed by atoms with Gasteiger partial charge in [-0.2, -0.15) is 0 Å². The molecule has 0 spiro atoms. The summed E-state index contributed by atoms with van der Waals surface area (Å²) in [6.45, 7) is 16.6. The SMILES string of the molecule is CCCCCCCCSSCCOC(=O)CCCN(CCCN(C)CCCN1CCC(=O)OCCSSC(CCCCCCC)CC(CCCC)COC(=O)CC1)CCC(=O)OCCSSCCCCCCCC. The fourth-order valence-electron chi connectivity index (χ4n) is 8.75. The van der Waals surface area contributed by atoms with E-state index in [2.05, 4.69) is 49.4 Å². The van der Waals surface area contributed by atoms with Crippen molar-refractivity contribution in [2.45, 2.75) is 219 Å². The van der Waals surface area contributed by atoms with Gasteiger partial charge in [0, 0.05) is 60.1 Å². The van der Waals surface area contributed by atoms with Crippen LogP contribution in [-0.2, 0) is 38.1 Å². The molecular formula is C57H109N3O8S6. The lowest BCUT2D eigenvalue weighted by Gasteiger charge is -2.25. The number of unbranched alkanes of at least 4 members (excludes halogenated alkanes) is 15. The molecule has 1 aliphatic rings. The second-order valence-electron chi connectivity index (χ2n) is 20.2. The molecule has 0 aromatic carbocycles. The first-order valence-corrected chi connectivity index (χ1v) is 37.1. The van der Waals surface area contributed by atoms with Gasteiger partial charge in [-0.1, -0.05) is 202 Å². The summed E-state index contributed by atoms with van der Waals surface area (Å²) < 4.78 is 22.9. The maximum absolute atomic E-state index is 13.2. The first-order valence-electron chi connectivity index (χ1n) is 29.7. The van der Waals surface area contributed by atoms with E-state index in [-0.39, 0.29) is 23.9 Å². The number of hydrogen-bond acceptors (Lipinski definition) is 17. The number of carbonyl (C=O) groups is 4. The Morgan fingerprint density at radius 2 is 1.11 bits per heavy atom. The van der Waals surface area contributed by atoms with Gasteiger partial charge in [0.2, 0.25) is 0 Å². The summed E-state index contributed by atoms with van der Waals surface area (Å²) in [5.74, 6) is 4.41. The van der Waals surface area contributed by atoms with Crippen LogP contribution in [0.25, 0.3) is 0 Å². The molecule has 1 rings (SSSR count). The Kier molecular flexibility index (Phi) is 53.2. The predicted molar refractivity (Wildman–Crippen MR) is 328 cm³/mol. The monoisotopic (exact) mass is 1160 g/mol. The third-order valence-electron chi connectivity index (χ3n) is 13.3. The first-order chi connectivity index (χ1) is 36.2. The molecule has 0 amide bonds. The number of rotatable bonds is 46. The molecule has 74 heavy (non-hydrogen) atoms. The van der Waals surface area contributed by atoms with Crippen molar-refractivity contribution in [1.29, 1.82) is 0 Å². The molecule has 1 heterocycles. The highest BCUT2D eigenvalue weighted by Crippen LogP contribution is 2.35. The standard InChI is InChI=1S/C57H109N3O8S6/c1-6-10-14-17-20-23-45-69-71-47-42-65-54(61)30-25-36-59(39-31-55(62)66-43-48-72-70-46-24-21-18-15-11-7-2)37-26-34-58(5)35-27-38-60-40-32-56(63)67-44-49-73-74-53(29-22-19-16-12-8-3)50-52(28-13-9-4)51-68-57(64)33-41-60/h52-53H,6-51H2,1-5H3. The minimum absolute atomic E-state index is 0.150. The number of hydrogen-bond donors (Lipinski definition) is 0. The molecule has 436 valence electrons. The molecule has 2 unspecified atom stereocenters. The van der Waals surface area contributed by atoms with Crippen LogP contribution in [0.3, 0.4) is 0 Å². The maximum Gasteiger partial charge on any atom is 0.307 e. The summed E-state index contributed by atoms with van der Waals surface area (Å²) in [6, 6.07) is 0. The first kappa shape index (κ1) is 71.9. The molecule has 1 aliphatic heterocycles. The Morgan fingerprint density at radius 1 is 0.581 bits per heavy atom. The van der Waals surface area contributed by atoms with E-state index in [4.69, 9.17) is 18.9 Å². The molecule has 0 aromatic heterocycles. The third kappa shape index (κ3) is 47.8. The van der Waals surface area contributed by atoms with Crippen LogP contribution in [0.2, 0.25) is 0 Å². The van der Waals surface area contributed by atoms with E-state index in [0.717, 1.165) is 100 Å². The van der Waals surface area contributed by atoms with Crippen molar-refractivity contribution in [3.05, 3.63) is 0 Å². The van der Waals surface area contributed by atoms with Crippen molar-refractivity contribution in [2.24, 2.45) is 5.92 Å². The van der Waals surface area contributed by atoms with Gasteiger partial charge in [0.1, 0.15) is 19.8 Å². The fraction of sp³-hybridized carbons (Fsp3) is 0.930. The smallest absolute Gasteiger partial charge is 0.307 e. The number of ether oxygens (including phenoxy) is 4. The molecule has 0 aliphatic carbocycles. The highest BCUT2D eigenvalue weighted by molar-refractivity contribution is 8.77. The van der Waals surface area contributed by atoms with Gasteiger partial charge in [-0.15, -0.1) is 0 Å². The van der Waals surface area contributed by atoms with Gasteiger partial charge in [-0.05, 0) is 97.1 Å². The number of nitrogens with zero attached hydrogens (tertiary/aromatic N) is 3. The largest absolute Gasteiger partial charge is 0.465 e. The lowest BCUT2D eigenvalue weighted by atomic mass is 9.95. The Bertz CT molecular complexity index is 1320. The van der Waals surface area contributed by atoms with Crippen molar-refractivity contribution in [3.63, 3.8) is 0 Å². The van der Waals surface area contributed by atoms with Crippen molar-refractivity contribution >= 4 is 88.6 Å². The zero-order valence-electron chi connectivity index (χ0n) is 47.7. The van der Waals surface area contributed by atoms with E-state index < -0.39 is 0 Å². The topological polar surface area (TPSA) is 115 Å². The minimum atomic E-state index is -0.179. The average molecular weight is 1160 g/mol. The Morgan fingerprint density at radius 3 is 1.73 bits per heavy atom. The Balaban J connectivity index is 2.65. The third-order valence-corrected chi connectivity index (χ3v) is 21.1. The molecule has 0 aromatic rings. The van der Waals surface area contributed by atoms with Crippen molar-refractivity contribution in [3.8, 4) is 0 Å². The van der Waals surface area contributed by atoms with Gasteiger partial charge in [-0.25, -0.2) is 0 Å². The summed E-state index contributed by atoms with van der Waals surface area (Å²) in [7, 11) is 13.2. The van der Waals surface area contributed by atoms with Crippen LogP contribution in [-0.4, -0.2) is 158 Å². The highest BCUT2D eigenvalue weighted by atomic mass is 33.1. The van der Waals surface area contributed by atoms with Crippen LogP contribution in [0.1, 0.15) is 214 Å². The summed E-state index contributed by atoms with van der Waals surface area (Å²) >= 11 is 0. The quantitative estimate of drug-likeness (QED) is 0.0249. The highest BCUT2D eigenvalue weighted by Gasteiger charge is 2.21. The van der Waals surface area contributed by atoms with Crippen molar-refractivity contribution in [1.82, 2.24) is 14.7 Å². The summed E-state index contributed by atoms with van der Waals surface area (Å²) in [5.41, 5.74) is 0. The van der Waals surface area contributed by atoms with Crippen LogP contribution in [0.15, 0.2) is 0 Å². The lowest BCUT2D eigenvalue weighted by molar-refractivity contribution is -0.146. The van der Waals surface area contributed by atoms with Gasteiger partial charge in [0.15, 0.2) is 0 Å². The van der Waals surface area contributed by atoms with Crippen molar-refractivity contribution < 1.29 is 38.1 Å². The molecule has 0 saturated carbocycles. The number of cyclic esters (lactones) is 2. The lowest BCUT2D eigenvalue weighted by Crippen LogP contribution is -2.34. The van der Waals surface area contributed by atoms with Crippen LogP contribution in [0.4, 0.5) is 0 Å². The van der Waals surface area contributed by atoms with Gasteiger partial charge in [0.05, 0.1) is 25.9 Å². The molecular weight excluding hydrogens is 1050 g/mol. The molecule has 0 bridgehead atoms. The van der Waals surface area contributed by atoms with Gasteiger partial charge in [-0.3, -0.25) is 19.2 Å². The van der Waals surface area contributed by atoms with Crippen LogP contribution in [0, 0.1) is 5.92 Å². The minimum Gasteiger partial charge on any atom is -0.465 e. The average Bonchev–Trinajstić information content (AvgIpc) is 3.39. The van der Waals surface area contributed by atoms with Gasteiger partial charge < -0.3 is 33.6 Å². The summed E-state index contributed by atoms with van der Waals surface area (Å²) in [5, 5.41) is 0.504. The molecule has 1 fully saturated rings. The predicted octanol–water partition coefficient (Wildman–Crippen LogP) is 15.2. The molecule has 2 atom stereocenters. The van der Waals surface area contributed by atoms with E-state index in [1.807, 2.05) is 43.2 Å². The molecule has 0 N–H and O–H groups in total. The van der Waals surface area contributed by atoms with E-state index in [0.29, 0.717) is 89.3 Å². The second-order valence-corrected chi connectivity index (χ2v) is 28.4. The number of carbonyl (C=O) groups excluding carboxylic acids is 4. The Labute approximate surface area is 477 Å². The van der Waals surface area contributed by atoms with E-state index >= 15 is 0 Å². The van der Waals surface area contributed by atoms with Gasteiger partial charge in [0.25, 0.3) is 0 Å². The zero-order chi connectivity index (χ0) is 53.8. The molecule has 17 heteroatoms. The second kappa shape index (κ2) is 54.8. The molecule has 11 nitrogen and oxygen atoms in total. The fourth-order valence-corrected chi connectivity index (χ4v) is 15.3. The van der Waals surface area contributed by atoms with E-state index in [9.17, 15) is 19.2 Å². The zero-order valence-corrected chi connectivity index (χ0v) is 52.6. The van der Waals surface area contributed by atoms with Crippen molar-refractivity contribution in [2.75, 3.05) is 115 Å². The van der Waals surface area contributed by atoms with Gasteiger partial charge >= 0.3 is 23.9 Å². The van der Waals surface area contributed by atoms with E-state index in [1.165, 1.54) is 116 Å². The molecule has 1 saturated heterocycles. The Hall–Kier alpha value is -0.140. The normalized spacial score (nSPS) is 16.9. The van der Waals surface area contributed by atoms with Crippen LogP contribution < -0.4 is 0 Å². The van der Waals surface area contributed by atoms with Crippen LogP contribution in [0.5, 0.6) is 0 Å². The maximum atomic E-state index is 13.2. The number of esters is 4. The summed E-state index contributed by atoms with van der Waals surface area (Å²) in [4.78, 5) is 58.3. The van der Waals surface area contributed by atoms with E-state index in [1.54, 1.807) is 21.6 Å².